The van der Waals surface area contributed by atoms with Crippen molar-refractivity contribution in [1.29, 1.82) is 0 Å². The molecule has 5 aromatic heterocycles. The Bertz CT molecular complexity index is 1860. The van der Waals surface area contributed by atoms with E-state index in [-0.39, 0.29) is 0 Å². The summed E-state index contributed by atoms with van der Waals surface area (Å²) < 4.78 is 25.5. The summed E-state index contributed by atoms with van der Waals surface area (Å²) in [6.45, 7) is 3.81. The van der Waals surface area contributed by atoms with Crippen LogP contribution in [0.1, 0.15) is 12.8 Å². The number of ether oxygens (including phenoxy) is 2. The molecule has 1 saturated heterocycles. The number of nitrogens with zero attached hydrogens (tertiary/aromatic N) is 6. The van der Waals surface area contributed by atoms with E-state index in [0.29, 0.717) is 57.3 Å². The zero-order chi connectivity index (χ0) is 27.8. The van der Waals surface area contributed by atoms with Gasteiger partial charge in [0.2, 0.25) is 0 Å². The number of nitrogens with one attached hydrogen (secondary N) is 2. The molecule has 41 heavy (non-hydrogen) atoms. The molecular weight excluding hydrogens is 523 g/mol. The van der Waals surface area contributed by atoms with Gasteiger partial charge in [-0.2, -0.15) is 5.10 Å². The SMILES string of the molecule is COc1cc(F)cc(-c2cncc3[nH]c(-c4n[nH]c5ccc(-c6cncc(OCCN7CCCC7)c6)nc45)nc23)c1. The first-order valence-corrected chi connectivity index (χ1v) is 13.5. The summed E-state index contributed by atoms with van der Waals surface area (Å²) >= 11 is 0. The predicted molar refractivity (Wildman–Crippen MR) is 153 cm³/mol. The van der Waals surface area contributed by atoms with Gasteiger partial charge in [-0.3, -0.25) is 20.0 Å². The van der Waals surface area contributed by atoms with Gasteiger partial charge in [-0.1, -0.05) is 0 Å². The van der Waals surface area contributed by atoms with Crippen molar-refractivity contribution in [2.24, 2.45) is 0 Å². The van der Waals surface area contributed by atoms with Crippen LogP contribution in [0.25, 0.3) is 56.0 Å². The molecular formula is C30H27FN8O2. The Labute approximate surface area is 234 Å². The van der Waals surface area contributed by atoms with Crippen molar-refractivity contribution in [2.45, 2.75) is 12.8 Å². The van der Waals surface area contributed by atoms with Crippen molar-refractivity contribution in [1.82, 2.24) is 40.0 Å². The number of benzene rings is 1. The van der Waals surface area contributed by atoms with Crippen LogP contribution in [0.2, 0.25) is 0 Å². The van der Waals surface area contributed by atoms with E-state index in [4.69, 9.17) is 19.4 Å². The number of pyridine rings is 3. The molecule has 2 N–H and O–H groups in total. The summed E-state index contributed by atoms with van der Waals surface area (Å²) in [5.74, 6) is 1.24. The second kappa shape index (κ2) is 10.6. The number of H-pyrrole nitrogens is 2. The lowest BCUT2D eigenvalue weighted by atomic mass is 10.1. The first-order chi connectivity index (χ1) is 20.1. The molecule has 1 aliphatic rings. The number of aromatic nitrogens is 7. The molecule has 0 amide bonds. The maximum atomic E-state index is 14.3. The summed E-state index contributed by atoms with van der Waals surface area (Å²) in [6.07, 6.45) is 9.36. The van der Waals surface area contributed by atoms with Crippen LogP contribution >= 0.6 is 0 Å². The third kappa shape index (κ3) is 4.95. The lowest BCUT2D eigenvalue weighted by molar-refractivity contribution is 0.237. The number of likely N-dealkylation sites (tertiary alicyclic amines) is 1. The van der Waals surface area contributed by atoms with Crippen molar-refractivity contribution >= 4 is 22.1 Å². The number of hydrogen-bond acceptors (Lipinski definition) is 8. The van der Waals surface area contributed by atoms with Gasteiger partial charge in [0.05, 0.1) is 41.7 Å². The maximum absolute atomic E-state index is 14.3. The molecule has 11 heteroatoms. The van der Waals surface area contributed by atoms with Crippen molar-refractivity contribution in [3.05, 3.63) is 67.0 Å². The lowest BCUT2D eigenvalue weighted by Gasteiger charge is -2.15. The monoisotopic (exact) mass is 550 g/mol. The average Bonchev–Trinajstić information content (AvgIpc) is 3.76. The van der Waals surface area contributed by atoms with Crippen LogP contribution in [0, 0.1) is 5.82 Å². The lowest BCUT2D eigenvalue weighted by Crippen LogP contribution is -2.25. The van der Waals surface area contributed by atoms with Crippen LogP contribution < -0.4 is 9.47 Å². The molecule has 7 rings (SSSR count). The highest BCUT2D eigenvalue weighted by Crippen LogP contribution is 2.33. The normalized spacial score (nSPS) is 13.8. The molecule has 0 spiro atoms. The molecule has 1 fully saturated rings. The minimum absolute atomic E-state index is 0.405. The summed E-state index contributed by atoms with van der Waals surface area (Å²) in [5.41, 5.74) is 6.18. The summed E-state index contributed by atoms with van der Waals surface area (Å²) in [4.78, 5) is 24.2. The molecule has 0 saturated carbocycles. The maximum Gasteiger partial charge on any atom is 0.161 e. The van der Waals surface area contributed by atoms with E-state index in [0.717, 1.165) is 36.4 Å². The van der Waals surface area contributed by atoms with E-state index in [1.807, 2.05) is 18.2 Å². The largest absolute Gasteiger partial charge is 0.497 e. The van der Waals surface area contributed by atoms with E-state index in [1.165, 1.54) is 32.1 Å². The quantitative estimate of drug-likeness (QED) is 0.264. The summed E-state index contributed by atoms with van der Waals surface area (Å²) in [6, 6.07) is 10.3. The fourth-order valence-electron chi connectivity index (χ4n) is 5.25. The fourth-order valence-corrected chi connectivity index (χ4v) is 5.25. The molecule has 0 radical (unpaired) electrons. The van der Waals surface area contributed by atoms with Crippen LogP contribution in [0.3, 0.4) is 0 Å². The van der Waals surface area contributed by atoms with Gasteiger partial charge in [-0.25, -0.2) is 14.4 Å². The first-order valence-electron chi connectivity index (χ1n) is 13.5. The molecule has 6 aromatic rings. The summed E-state index contributed by atoms with van der Waals surface area (Å²) in [5, 5.41) is 7.55. The number of rotatable bonds is 8. The zero-order valence-electron chi connectivity index (χ0n) is 22.4. The molecule has 0 unspecified atom stereocenters. The minimum atomic E-state index is -0.405. The zero-order valence-corrected chi connectivity index (χ0v) is 22.4. The summed E-state index contributed by atoms with van der Waals surface area (Å²) in [7, 11) is 1.50. The Balaban J connectivity index is 1.21. The molecule has 1 aromatic carbocycles. The van der Waals surface area contributed by atoms with E-state index < -0.39 is 5.82 Å². The number of fused-ring (bicyclic) bond motifs is 2. The topological polar surface area (TPSA) is 118 Å². The minimum Gasteiger partial charge on any atom is -0.497 e. The number of halogens is 1. The second-order valence-electron chi connectivity index (χ2n) is 10.0. The van der Waals surface area contributed by atoms with Gasteiger partial charge in [-0.15, -0.1) is 0 Å². The first kappa shape index (κ1) is 25.1. The van der Waals surface area contributed by atoms with Crippen LogP contribution in [-0.4, -0.2) is 73.4 Å². The molecule has 0 atom stereocenters. The highest BCUT2D eigenvalue weighted by Gasteiger charge is 2.18. The molecule has 10 nitrogen and oxygen atoms in total. The molecule has 0 aliphatic carbocycles. The number of hydrogen-bond donors (Lipinski definition) is 2. The van der Waals surface area contributed by atoms with Gasteiger partial charge < -0.3 is 14.5 Å². The second-order valence-corrected chi connectivity index (χ2v) is 10.0. The smallest absolute Gasteiger partial charge is 0.161 e. The van der Waals surface area contributed by atoms with Crippen LogP contribution in [0.5, 0.6) is 11.5 Å². The van der Waals surface area contributed by atoms with Gasteiger partial charge >= 0.3 is 0 Å². The average molecular weight is 551 g/mol. The van der Waals surface area contributed by atoms with Crippen molar-refractivity contribution < 1.29 is 13.9 Å². The molecule has 6 heterocycles. The Morgan fingerprint density at radius 1 is 0.878 bits per heavy atom. The van der Waals surface area contributed by atoms with Crippen molar-refractivity contribution in [2.75, 3.05) is 33.4 Å². The van der Waals surface area contributed by atoms with Gasteiger partial charge in [0.15, 0.2) is 11.5 Å². The fraction of sp³-hybridized carbons (Fsp3) is 0.233. The van der Waals surface area contributed by atoms with Crippen molar-refractivity contribution in [3.63, 3.8) is 0 Å². The van der Waals surface area contributed by atoms with Gasteiger partial charge in [0, 0.05) is 36.1 Å². The van der Waals surface area contributed by atoms with E-state index >= 15 is 0 Å². The van der Waals surface area contributed by atoms with E-state index in [1.54, 1.807) is 30.9 Å². The Hall–Kier alpha value is -4.90. The van der Waals surface area contributed by atoms with Crippen LogP contribution in [0.4, 0.5) is 4.39 Å². The highest BCUT2D eigenvalue weighted by atomic mass is 19.1. The van der Waals surface area contributed by atoms with Gasteiger partial charge in [-0.05, 0) is 61.8 Å². The van der Waals surface area contributed by atoms with Crippen LogP contribution in [0.15, 0.2) is 61.2 Å². The standard InChI is InChI=1S/C30H27FN8O2/c1-40-21-11-18(10-20(31)13-21)23-16-33-17-26-27(23)36-30(35-26)29-28-25(37-38-29)5-4-24(34-28)19-12-22(15-32-14-19)41-9-8-39-6-2-3-7-39/h4-5,10-17H,2-3,6-9H2,1H3,(H,35,36)(H,37,38). The van der Waals surface area contributed by atoms with E-state index in [9.17, 15) is 4.39 Å². The highest BCUT2D eigenvalue weighted by molar-refractivity contribution is 5.96. The number of imidazole rings is 1. The number of aromatic amines is 2. The Morgan fingerprint density at radius 2 is 1.73 bits per heavy atom. The molecule has 0 bridgehead atoms. The van der Waals surface area contributed by atoms with Crippen molar-refractivity contribution in [3.8, 4) is 45.4 Å². The van der Waals surface area contributed by atoms with Gasteiger partial charge in [0.25, 0.3) is 0 Å². The third-order valence-corrected chi connectivity index (χ3v) is 7.33. The van der Waals surface area contributed by atoms with Crippen LogP contribution in [-0.2, 0) is 0 Å². The third-order valence-electron chi connectivity index (χ3n) is 7.33. The molecule has 1 aliphatic heterocycles. The molecule has 206 valence electrons. The Morgan fingerprint density at radius 3 is 2.61 bits per heavy atom. The predicted octanol–water partition coefficient (Wildman–Crippen LogP) is 5.25. The number of methoxy groups -OCH3 is 1. The van der Waals surface area contributed by atoms with E-state index in [2.05, 4.69) is 30.0 Å². The Kier molecular flexibility index (Phi) is 6.48. The van der Waals surface area contributed by atoms with Gasteiger partial charge in [0.1, 0.15) is 29.4 Å².